The van der Waals surface area contributed by atoms with Crippen LogP contribution in [0, 0.1) is 11.6 Å². The first-order chi connectivity index (χ1) is 12.5. The fraction of sp³-hybridized carbons (Fsp3) is 0.211. The maximum absolute atomic E-state index is 14.7. The summed E-state index contributed by atoms with van der Waals surface area (Å²) < 4.78 is 34.4. The Bertz CT molecular complexity index is 966. The van der Waals surface area contributed by atoms with Crippen molar-refractivity contribution in [3.8, 4) is 11.5 Å². The summed E-state index contributed by atoms with van der Waals surface area (Å²) in [5.74, 6) is -0.607. The minimum Gasteiger partial charge on any atom is -0.454 e. The van der Waals surface area contributed by atoms with E-state index in [2.05, 4.69) is 9.98 Å². The van der Waals surface area contributed by atoms with E-state index in [1.165, 1.54) is 31.3 Å². The lowest BCUT2D eigenvalue weighted by molar-refractivity contribution is 0.436. The molecular formula is C19H20F2N4O. The number of aromatic nitrogens is 1. The number of aromatic amines is 1. The molecule has 1 heterocycles. The summed E-state index contributed by atoms with van der Waals surface area (Å²) in [6.07, 6.45) is 2.99. The molecule has 5 nitrogen and oxygen atoms in total. The topological polar surface area (TPSA) is 89.4 Å². The van der Waals surface area contributed by atoms with Gasteiger partial charge in [-0.25, -0.2) is 8.78 Å². The fourth-order valence-electron chi connectivity index (χ4n) is 2.86. The highest BCUT2D eigenvalue weighted by molar-refractivity contribution is 5.98. The van der Waals surface area contributed by atoms with Crippen LogP contribution in [0.15, 0.2) is 41.5 Å². The maximum Gasteiger partial charge on any atom is 0.168 e. The molecule has 1 aromatic heterocycles. The number of nitrogens with two attached hydrogens (primary N) is 2. The van der Waals surface area contributed by atoms with Crippen LogP contribution in [0.25, 0.3) is 10.9 Å². The lowest BCUT2D eigenvalue weighted by Crippen LogP contribution is -2.15. The molecule has 0 saturated heterocycles. The second-order valence-electron chi connectivity index (χ2n) is 5.85. The SMILES string of the molecule is CN=C(N)c1cc(Oc2c(F)cc3[nH]ccc3c2CCCN)ccc1F. The number of rotatable bonds is 6. The second kappa shape index (κ2) is 7.53. The van der Waals surface area contributed by atoms with Crippen LogP contribution in [-0.4, -0.2) is 24.4 Å². The Labute approximate surface area is 149 Å². The van der Waals surface area contributed by atoms with E-state index in [1.54, 1.807) is 6.20 Å². The van der Waals surface area contributed by atoms with Crippen molar-refractivity contribution in [2.75, 3.05) is 13.6 Å². The Hall–Kier alpha value is -2.93. The Balaban J connectivity index is 2.07. The number of amidine groups is 1. The molecule has 5 N–H and O–H groups in total. The lowest BCUT2D eigenvalue weighted by atomic mass is 10.0. The number of benzene rings is 2. The highest BCUT2D eigenvalue weighted by atomic mass is 19.1. The average molecular weight is 358 g/mol. The van der Waals surface area contributed by atoms with Gasteiger partial charge in [0.25, 0.3) is 0 Å². The summed E-state index contributed by atoms with van der Waals surface area (Å²) in [4.78, 5) is 6.78. The molecule has 3 aromatic rings. The van der Waals surface area contributed by atoms with E-state index in [9.17, 15) is 8.78 Å². The third-order valence-electron chi connectivity index (χ3n) is 4.17. The van der Waals surface area contributed by atoms with Gasteiger partial charge in [-0.1, -0.05) is 0 Å². The molecule has 0 unspecified atom stereocenters. The molecule has 0 spiro atoms. The fourth-order valence-corrected chi connectivity index (χ4v) is 2.86. The molecule has 0 atom stereocenters. The number of halogens is 2. The van der Waals surface area contributed by atoms with Gasteiger partial charge in [-0.3, -0.25) is 4.99 Å². The van der Waals surface area contributed by atoms with E-state index in [-0.39, 0.29) is 22.9 Å². The zero-order chi connectivity index (χ0) is 18.7. The van der Waals surface area contributed by atoms with E-state index in [4.69, 9.17) is 16.2 Å². The second-order valence-corrected chi connectivity index (χ2v) is 5.85. The standard InChI is InChI=1S/C19H20F2N4O/c1-24-19(23)14-9-11(4-5-15(14)20)26-18-13(3-2-7-22)12-6-8-25-17(12)10-16(18)21/h4-6,8-10,25H,2-3,7,22H2,1H3,(H2,23,24). The predicted molar refractivity (Wildman–Crippen MR) is 98.8 cm³/mol. The van der Waals surface area contributed by atoms with Gasteiger partial charge in [0, 0.05) is 35.8 Å². The van der Waals surface area contributed by atoms with Gasteiger partial charge in [0.05, 0.1) is 5.56 Å². The number of ether oxygens (including phenoxy) is 1. The maximum atomic E-state index is 14.7. The minimum absolute atomic E-state index is 0.0397. The molecule has 0 saturated carbocycles. The van der Waals surface area contributed by atoms with E-state index in [0.29, 0.717) is 24.9 Å². The third kappa shape index (κ3) is 3.39. The molecule has 0 aliphatic rings. The lowest BCUT2D eigenvalue weighted by Gasteiger charge is -2.14. The predicted octanol–water partition coefficient (Wildman–Crippen LogP) is 3.46. The molecule has 0 bridgehead atoms. The number of nitrogens with zero attached hydrogens (tertiary/aromatic N) is 1. The van der Waals surface area contributed by atoms with E-state index >= 15 is 0 Å². The zero-order valence-electron chi connectivity index (χ0n) is 14.4. The van der Waals surface area contributed by atoms with Gasteiger partial charge in [0.2, 0.25) is 0 Å². The van der Waals surface area contributed by atoms with Crippen molar-refractivity contribution in [1.82, 2.24) is 4.98 Å². The third-order valence-corrected chi connectivity index (χ3v) is 4.17. The van der Waals surface area contributed by atoms with Crippen molar-refractivity contribution >= 4 is 16.7 Å². The summed E-state index contributed by atoms with van der Waals surface area (Å²) >= 11 is 0. The summed E-state index contributed by atoms with van der Waals surface area (Å²) in [5.41, 5.74) is 12.8. The number of H-pyrrole nitrogens is 1. The first-order valence-electron chi connectivity index (χ1n) is 8.23. The van der Waals surface area contributed by atoms with E-state index < -0.39 is 11.6 Å². The van der Waals surface area contributed by atoms with Crippen LogP contribution in [0.1, 0.15) is 17.5 Å². The summed E-state index contributed by atoms with van der Waals surface area (Å²) in [7, 11) is 1.47. The van der Waals surface area contributed by atoms with Crippen molar-refractivity contribution in [3.63, 3.8) is 0 Å². The monoisotopic (exact) mass is 358 g/mol. The normalized spacial score (nSPS) is 11.9. The van der Waals surface area contributed by atoms with Gasteiger partial charge >= 0.3 is 0 Å². The Morgan fingerprint density at radius 2 is 2.00 bits per heavy atom. The molecule has 2 aromatic carbocycles. The molecular weight excluding hydrogens is 338 g/mol. The Morgan fingerprint density at radius 1 is 1.19 bits per heavy atom. The van der Waals surface area contributed by atoms with Crippen molar-refractivity contribution < 1.29 is 13.5 Å². The van der Waals surface area contributed by atoms with Crippen molar-refractivity contribution in [3.05, 3.63) is 59.3 Å². The van der Waals surface area contributed by atoms with Gasteiger partial charge in [0.1, 0.15) is 17.4 Å². The molecule has 7 heteroatoms. The van der Waals surface area contributed by atoms with Gasteiger partial charge in [-0.05, 0) is 43.7 Å². The van der Waals surface area contributed by atoms with Crippen molar-refractivity contribution in [2.24, 2.45) is 16.5 Å². The largest absolute Gasteiger partial charge is 0.454 e. The Kier molecular flexibility index (Phi) is 5.18. The molecule has 0 aliphatic heterocycles. The molecule has 0 fully saturated rings. The summed E-state index contributed by atoms with van der Waals surface area (Å²) in [6.45, 7) is 0.478. The van der Waals surface area contributed by atoms with Gasteiger partial charge in [0.15, 0.2) is 11.6 Å². The van der Waals surface area contributed by atoms with Gasteiger partial charge in [-0.2, -0.15) is 0 Å². The first-order valence-corrected chi connectivity index (χ1v) is 8.23. The van der Waals surface area contributed by atoms with Crippen LogP contribution in [-0.2, 0) is 6.42 Å². The summed E-state index contributed by atoms with van der Waals surface area (Å²) in [6, 6.07) is 7.30. The van der Waals surface area contributed by atoms with E-state index in [1.807, 2.05) is 6.07 Å². The minimum atomic E-state index is -0.523. The van der Waals surface area contributed by atoms with Crippen LogP contribution in [0.5, 0.6) is 11.5 Å². The van der Waals surface area contributed by atoms with Crippen LogP contribution >= 0.6 is 0 Å². The highest BCUT2D eigenvalue weighted by Crippen LogP contribution is 2.35. The molecule has 0 aliphatic carbocycles. The zero-order valence-corrected chi connectivity index (χ0v) is 14.4. The number of hydrogen-bond donors (Lipinski definition) is 3. The Morgan fingerprint density at radius 3 is 2.73 bits per heavy atom. The smallest absolute Gasteiger partial charge is 0.168 e. The van der Waals surface area contributed by atoms with E-state index in [0.717, 1.165) is 10.9 Å². The number of hydrogen-bond acceptors (Lipinski definition) is 3. The number of aryl methyl sites for hydroxylation is 1. The van der Waals surface area contributed by atoms with Crippen LogP contribution in [0.4, 0.5) is 8.78 Å². The van der Waals surface area contributed by atoms with Crippen LogP contribution in [0.2, 0.25) is 0 Å². The molecule has 26 heavy (non-hydrogen) atoms. The number of fused-ring (bicyclic) bond motifs is 1. The van der Waals surface area contributed by atoms with Gasteiger partial charge < -0.3 is 21.2 Å². The first kappa shape index (κ1) is 17.9. The van der Waals surface area contributed by atoms with Crippen molar-refractivity contribution in [2.45, 2.75) is 12.8 Å². The average Bonchev–Trinajstić information content (AvgIpc) is 3.10. The summed E-state index contributed by atoms with van der Waals surface area (Å²) in [5, 5.41) is 0.867. The number of aliphatic imine (C=N–C) groups is 1. The van der Waals surface area contributed by atoms with Crippen LogP contribution in [0.3, 0.4) is 0 Å². The molecule has 3 rings (SSSR count). The highest BCUT2D eigenvalue weighted by Gasteiger charge is 2.17. The number of nitrogens with one attached hydrogen (secondary N) is 1. The molecule has 0 amide bonds. The molecule has 0 radical (unpaired) electrons. The quantitative estimate of drug-likeness (QED) is 0.466. The molecule has 136 valence electrons. The van der Waals surface area contributed by atoms with Gasteiger partial charge in [-0.15, -0.1) is 0 Å². The van der Waals surface area contributed by atoms with Crippen molar-refractivity contribution in [1.29, 1.82) is 0 Å². The van der Waals surface area contributed by atoms with Crippen LogP contribution < -0.4 is 16.2 Å².